The Hall–Kier alpha value is -3.60. The van der Waals surface area contributed by atoms with Crippen LogP contribution >= 0.6 is 0 Å². The largest absolute Gasteiger partial charge is 0.480 e. The lowest BCUT2D eigenvalue weighted by molar-refractivity contribution is -0.143. The molecule has 31 heavy (non-hydrogen) atoms. The van der Waals surface area contributed by atoms with Gasteiger partial charge in [-0.05, 0) is 39.8 Å². The number of amides is 1. The van der Waals surface area contributed by atoms with Crippen molar-refractivity contribution >= 4 is 12.1 Å². The van der Waals surface area contributed by atoms with Gasteiger partial charge in [-0.1, -0.05) is 79.7 Å². The third kappa shape index (κ3) is 3.79. The van der Waals surface area contributed by atoms with E-state index in [0.717, 1.165) is 34.2 Å². The molecular formula is C26H25NO4. The molecule has 0 bridgehead atoms. The highest BCUT2D eigenvalue weighted by atomic mass is 16.5. The zero-order chi connectivity index (χ0) is 22.0. The maximum Gasteiger partial charge on any atom is 0.411 e. The van der Waals surface area contributed by atoms with E-state index in [-0.39, 0.29) is 6.42 Å². The van der Waals surface area contributed by atoms with Crippen LogP contribution < -0.4 is 0 Å². The predicted molar refractivity (Wildman–Crippen MR) is 119 cm³/mol. The Morgan fingerprint density at radius 1 is 0.903 bits per heavy atom. The first-order valence-electron chi connectivity index (χ1n) is 10.4. The number of benzene rings is 3. The van der Waals surface area contributed by atoms with Crippen molar-refractivity contribution in [1.29, 1.82) is 0 Å². The van der Waals surface area contributed by atoms with Crippen LogP contribution in [0.25, 0.3) is 11.1 Å². The minimum absolute atomic E-state index is 0.190. The first-order chi connectivity index (χ1) is 15.0. The van der Waals surface area contributed by atoms with E-state index in [1.165, 1.54) is 17.6 Å². The lowest BCUT2D eigenvalue weighted by Crippen LogP contribution is -2.48. The molecule has 0 saturated heterocycles. The number of nitrogens with zero attached hydrogens (tertiary/aromatic N) is 1. The number of carbonyl (C=O) groups excluding carboxylic acids is 1. The van der Waals surface area contributed by atoms with E-state index >= 15 is 0 Å². The van der Waals surface area contributed by atoms with Gasteiger partial charge in [0.15, 0.2) is 0 Å². The number of carboxylic acids is 1. The Labute approximate surface area is 181 Å². The monoisotopic (exact) mass is 415 g/mol. The van der Waals surface area contributed by atoms with Gasteiger partial charge in [-0.3, -0.25) is 4.90 Å². The lowest BCUT2D eigenvalue weighted by atomic mass is 9.97. The molecule has 1 aliphatic carbocycles. The summed E-state index contributed by atoms with van der Waals surface area (Å²) >= 11 is 0. The Balaban J connectivity index is 1.80. The molecule has 158 valence electrons. The van der Waals surface area contributed by atoms with Crippen molar-refractivity contribution in [3.63, 3.8) is 0 Å². The standard InChI is InChI=1S/C26H25NO4/c1-3-17-12-14-18(15-13-17)16-23(25(28)29)27(26(30)31-2)24-21-10-6-4-8-19(21)20-9-5-7-11-22(20)24/h4-15,23-24H,3,16H2,1-2H3,(H,28,29)/t23-/m0/s1. The van der Waals surface area contributed by atoms with Gasteiger partial charge in [0.2, 0.25) is 0 Å². The molecule has 0 unspecified atom stereocenters. The molecule has 0 heterocycles. The van der Waals surface area contributed by atoms with Crippen molar-refractivity contribution in [3.05, 3.63) is 95.1 Å². The van der Waals surface area contributed by atoms with Crippen LogP contribution in [0.15, 0.2) is 72.8 Å². The van der Waals surface area contributed by atoms with Crippen LogP contribution in [0.4, 0.5) is 4.79 Å². The highest BCUT2D eigenvalue weighted by molar-refractivity contribution is 5.85. The van der Waals surface area contributed by atoms with Crippen molar-refractivity contribution in [1.82, 2.24) is 4.90 Å². The van der Waals surface area contributed by atoms with Crippen molar-refractivity contribution in [2.24, 2.45) is 0 Å². The minimum atomic E-state index is -1.08. The second-order valence-electron chi connectivity index (χ2n) is 7.68. The van der Waals surface area contributed by atoms with Crippen molar-refractivity contribution in [3.8, 4) is 11.1 Å². The molecule has 0 radical (unpaired) electrons. The molecule has 3 aromatic carbocycles. The topological polar surface area (TPSA) is 66.8 Å². The molecule has 0 aliphatic heterocycles. The summed E-state index contributed by atoms with van der Waals surface area (Å²) in [4.78, 5) is 26.8. The molecule has 1 N–H and O–H groups in total. The van der Waals surface area contributed by atoms with E-state index in [9.17, 15) is 14.7 Å². The molecule has 0 fully saturated rings. The Kier molecular flexibility index (Phi) is 5.76. The van der Waals surface area contributed by atoms with Crippen LogP contribution in [-0.4, -0.2) is 35.2 Å². The van der Waals surface area contributed by atoms with E-state index in [4.69, 9.17) is 4.74 Å². The fourth-order valence-electron chi connectivity index (χ4n) is 4.39. The molecule has 3 aromatic rings. The maximum atomic E-state index is 13.0. The van der Waals surface area contributed by atoms with Gasteiger partial charge in [0.05, 0.1) is 13.2 Å². The summed E-state index contributed by atoms with van der Waals surface area (Å²) in [6.45, 7) is 2.07. The van der Waals surface area contributed by atoms with Crippen molar-refractivity contribution in [2.75, 3.05) is 7.11 Å². The summed E-state index contributed by atoms with van der Waals surface area (Å²) in [5.41, 5.74) is 5.86. The van der Waals surface area contributed by atoms with Crippen molar-refractivity contribution < 1.29 is 19.4 Å². The van der Waals surface area contributed by atoms with Crippen LogP contribution in [0.5, 0.6) is 0 Å². The third-order valence-corrected chi connectivity index (χ3v) is 5.95. The zero-order valence-electron chi connectivity index (χ0n) is 17.6. The highest BCUT2D eigenvalue weighted by Crippen LogP contribution is 2.47. The van der Waals surface area contributed by atoms with E-state index < -0.39 is 24.1 Å². The fourth-order valence-corrected chi connectivity index (χ4v) is 4.39. The van der Waals surface area contributed by atoms with Crippen LogP contribution in [-0.2, 0) is 22.4 Å². The molecule has 1 amide bonds. The van der Waals surface area contributed by atoms with E-state index in [1.54, 1.807) is 0 Å². The molecule has 0 saturated carbocycles. The molecule has 1 aliphatic rings. The summed E-state index contributed by atoms with van der Waals surface area (Å²) in [5.74, 6) is -1.06. The number of aliphatic carboxylic acids is 1. The SMILES string of the molecule is CCc1ccc(C[C@@H](C(=O)O)N(C(=O)OC)C2c3ccccc3-c3ccccc32)cc1. The predicted octanol–water partition coefficient (Wildman–Crippen LogP) is 5.08. The molecule has 5 heteroatoms. The Morgan fingerprint density at radius 3 is 1.90 bits per heavy atom. The number of ether oxygens (including phenoxy) is 1. The number of aryl methyl sites for hydroxylation is 1. The quantitative estimate of drug-likeness (QED) is 0.609. The number of carboxylic acid groups (broad SMARTS) is 1. The van der Waals surface area contributed by atoms with Gasteiger partial charge in [0, 0.05) is 6.42 Å². The lowest BCUT2D eigenvalue weighted by Gasteiger charge is -2.34. The molecule has 1 atom stereocenters. The first-order valence-corrected chi connectivity index (χ1v) is 10.4. The maximum absolute atomic E-state index is 13.0. The number of carbonyl (C=O) groups is 2. The van der Waals surface area contributed by atoms with E-state index in [2.05, 4.69) is 6.92 Å². The van der Waals surface area contributed by atoms with E-state index in [0.29, 0.717) is 0 Å². The zero-order valence-corrected chi connectivity index (χ0v) is 17.6. The second kappa shape index (κ2) is 8.64. The van der Waals surface area contributed by atoms with Crippen LogP contribution in [0, 0.1) is 0 Å². The molecular weight excluding hydrogens is 390 g/mol. The summed E-state index contributed by atoms with van der Waals surface area (Å²) in [6.07, 6.45) is 0.441. The van der Waals surface area contributed by atoms with Gasteiger partial charge >= 0.3 is 12.1 Å². The molecule has 4 rings (SSSR count). The Morgan fingerprint density at radius 2 is 1.42 bits per heavy atom. The molecule has 5 nitrogen and oxygen atoms in total. The number of hydrogen-bond donors (Lipinski definition) is 1. The van der Waals surface area contributed by atoms with Gasteiger partial charge in [-0.15, -0.1) is 0 Å². The minimum Gasteiger partial charge on any atom is -0.480 e. The van der Waals surface area contributed by atoms with Crippen LogP contribution in [0.2, 0.25) is 0 Å². The van der Waals surface area contributed by atoms with Gasteiger partial charge < -0.3 is 9.84 Å². The smallest absolute Gasteiger partial charge is 0.411 e. The number of hydrogen-bond acceptors (Lipinski definition) is 3. The molecule has 0 aromatic heterocycles. The average molecular weight is 415 g/mol. The van der Waals surface area contributed by atoms with Gasteiger partial charge in [-0.2, -0.15) is 0 Å². The molecule has 0 spiro atoms. The van der Waals surface area contributed by atoms with E-state index in [1.807, 2.05) is 72.8 Å². The Bertz CT molecular complexity index is 1060. The number of methoxy groups -OCH3 is 1. The fraction of sp³-hybridized carbons (Fsp3) is 0.231. The van der Waals surface area contributed by atoms with Crippen LogP contribution in [0.3, 0.4) is 0 Å². The number of rotatable bonds is 6. The third-order valence-electron chi connectivity index (χ3n) is 5.95. The summed E-state index contributed by atoms with van der Waals surface area (Å²) < 4.78 is 5.08. The van der Waals surface area contributed by atoms with Crippen molar-refractivity contribution in [2.45, 2.75) is 31.8 Å². The summed E-state index contributed by atoms with van der Waals surface area (Å²) in [5, 5.41) is 10.2. The number of fused-ring (bicyclic) bond motifs is 3. The second-order valence-corrected chi connectivity index (χ2v) is 7.68. The van der Waals surface area contributed by atoms with Gasteiger partial charge in [0.1, 0.15) is 6.04 Å². The highest BCUT2D eigenvalue weighted by Gasteiger charge is 2.42. The first kappa shape index (κ1) is 20.7. The van der Waals surface area contributed by atoms with Crippen LogP contribution in [0.1, 0.15) is 35.2 Å². The summed E-state index contributed by atoms with van der Waals surface area (Å²) in [6, 6.07) is 21.9. The van der Waals surface area contributed by atoms with Gasteiger partial charge in [-0.25, -0.2) is 9.59 Å². The summed E-state index contributed by atoms with van der Waals surface area (Å²) in [7, 11) is 1.29. The average Bonchev–Trinajstić information content (AvgIpc) is 3.13. The normalized spacial score (nSPS) is 13.2. The van der Waals surface area contributed by atoms with Gasteiger partial charge in [0.25, 0.3) is 0 Å².